The number of carbonyl (C=O) groups is 2. The van der Waals surface area contributed by atoms with Gasteiger partial charge >= 0.3 is 5.97 Å². The first-order chi connectivity index (χ1) is 13.8. The molecule has 0 spiro atoms. The molecule has 5 heteroatoms. The zero-order valence-corrected chi connectivity index (χ0v) is 16.9. The average molecular weight is 392 g/mol. The van der Waals surface area contributed by atoms with Crippen molar-refractivity contribution < 1.29 is 23.8 Å². The van der Waals surface area contributed by atoms with Crippen LogP contribution in [0.4, 0.5) is 0 Å². The van der Waals surface area contributed by atoms with Crippen LogP contribution in [0.3, 0.4) is 0 Å². The maximum Gasteiger partial charge on any atom is 0.340 e. The fraction of sp³-hybridized carbons (Fsp3) is 0.333. The van der Waals surface area contributed by atoms with Crippen molar-refractivity contribution >= 4 is 17.8 Å². The number of esters is 1. The van der Waals surface area contributed by atoms with Crippen molar-refractivity contribution in [3.05, 3.63) is 64.9 Å². The van der Waals surface area contributed by atoms with Crippen molar-refractivity contribution in [1.82, 2.24) is 0 Å². The first-order valence-electron chi connectivity index (χ1n) is 9.83. The van der Waals surface area contributed by atoms with Gasteiger partial charge in [0.2, 0.25) is 5.78 Å². The lowest BCUT2D eigenvalue weighted by Crippen LogP contribution is -2.24. The largest absolute Gasteiger partial charge is 0.452 e. The fourth-order valence-electron chi connectivity index (χ4n) is 3.41. The number of benzene rings is 2. The van der Waals surface area contributed by atoms with Crippen molar-refractivity contribution in [2.75, 3.05) is 6.61 Å². The van der Waals surface area contributed by atoms with Gasteiger partial charge in [0, 0.05) is 12.7 Å². The molecule has 0 radical (unpaired) electrons. The number of hydrogen-bond acceptors (Lipinski definition) is 5. The highest BCUT2D eigenvalue weighted by molar-refractivity contribution is 6.14. The third-order valence-corrected chi connectivity index (χ3v) is 5.13. The van der Waals surface area contributed by atoms with E-state index in [-0.39, 0.29) is 17.0 Å². The molecule has 0 saturated carbocycles. The van der Waals surface area contributed by atoms with Crippen molar-refractivity contribution in [2.45, 2.75) is 45.1 Å². The molecule has 0 N–H and O–H groups in total. The monoisotopic (exact) mass is 392 g/mol. The second-order valence-corrected chi connectivity index (χ2v) is 8.39. The molecule has 4 rings (SSSR count). The SMILES string of the molecule is CC(C)(C)c1ccc(/C=C2\Oc3cc(OC(=O)C4CCCO4)ccc3C2=O)cc1. The van der Waals surface area contributed by atoms with Gasteiger partial charge in [-0.05, 0) is 47.6 Å². The Labute approximate surface area is 170 Å². The van der Waals surface area contributed by atoms with Gasteiger partial charge in [0.15, 0.2) is 11.9 Å². The van der Waals surface area contributed by atoms with E-state index >= 15 is 0 Å². The van der Waals surface area contributed by atoms with Gasteiger partial charge in [0.1, 0.15) is 11.5 Å². The maximum atomic E-state index is 12.6. The summed E-state index contributed by atoms with van der Waals surface area (Å²) in [7, 11) is 0. The predicted octanol–water partition coefficient (Wildman–Crippen LogP) is 4.68. The molecular weight excluding hydrogens is 368 g/mol. The van der Waals surface area contributed by atoms with E-state index in [0.717, 1.165) is 12.0 Å². The maximum absolute atomic E-state index is 12.6. The lowest BCUT2D eigenvalue weighted by molar-refractivity contribution is -0.144. The molecule has 0 amide bonds. The smallest absolute Gasteiger partial charge is 0.340 e. The van der Waals surface area contributed by atoms with Crippen LogP contribution in [0.5, 0.6) is 11.5 Å². The minimum Gasteiger partial charge on any atom is -0.452 e. The molecule has 1 atom stereocenters. The van der Waals surface area contributed by atoms with Crippen LogP contribution in [0, 0.1) is 0 Å². The lowest BCUT2D eigenvalue weighted by Gasteiger charge is -2.18. The predicted molar refractivity (Wildman–Crippen MR) is 109 cm³/mol. The zero-order chi connectivity index (χ0) is 20.6. The Kier molecular flexibility index (Phi) is 5.01. The van der Waals surface area contributed by atoms with E-state index in [9.17, 15) is 9.59 Å². The highest BCUT2D eigenvalue weighted by Gasteiger charge is 2.29. The van der Waals surface area contributed by atoms with E-state index in [1.807, 2.05) is 12.1 Å². The zero-order valence-electron chi connectivity index (χ0n) is 16.9. The quantitative estimate of drug-likeness (QED) is 0.431. The summed E-state index contributed by atoms with van der Waals surface area (Å²) in [5.74, 6) is 0.391. The summed E-state index contributed by atoms with van der Waals surface area (Å²) in [6.45, 7) is 7.05. The molecule has 2 aromatic carbocycles. The summed E-state index contributed by atoms with van der Waals surface area (Å²) in [5.41, 5.74) is 2.64. The van der Waals surface area contributed by atoms with Crippen LogP contribution in [0.2, 0.25) is 0 Å². The van der Waals surface area contributed by atoms with Crippen molar-refractivity contribution in [3.63, 3.8) is 0 Å². The van der Waals surface area contributed by atoms with E-state index < -0.39 is 12.1 Å². The number of allylic oxidation sites excluding steroid dienone is 1. The van der Waals surface area contributed by atoms with Crippen LogP contribution in [0.25, 0.3) is 6.08 Å². The second kappa shape index (κ2) is 7.48. The van der Waals surface area contributed by atoms with E-state index in [1.54, 1.807) is 24.3 Å². The fourth-order valence-corrected chi connectivity index (χ4v) is 3.41. The molecule has 1 unspecified atom stereocenters. The second-order valence-electron chi connectivity index (χ2n) is 8.39. The van der Waals surface area contributed by atoms with Gasteiger partial charge in [0.05, 0.1) is 5.56 Å². The van der Waals surface area contributed by atoms with Gasteiger partial charge in [-0.1, -0.05) is 45.0 Å². The Morgan fingerprint density at radius 1 is 1.14 bits per heavy atom. The molecule has 2 heterocycles. The van der Waals surface area contributed by atoms with Gasteiger partial charge in [-0.2, -0.15) is 0 Å². The Balaban J connectivity index is 1.50. The molecule has 1 saturated heterocycles. The number of fused-ring (bicyclic) bond motifs is 1. The van der Waals surface area contributed by atoms with Crippen LogP contribution < -0.4 is 9.47 Å². The number of carbonyl (C=O) groups excluding carboxylic acids is 2. The molecule has 2 aliphatic rings. The highest BCUT2D eigenvalue weighted by Crippen LogP contribution is 2.35. The van der Waals surface area contributed by atoms with Gasteiger partial charge in [0.25, 0.3) is 0 Å². The van der Waals surface area contributed by atoms with Crippen LogP contribution in [-0.4, -0.2) is 24.5 Å². The Bertz CT molecular complexity index is 973. The standard InChI is InChI=1S/C24H24O5/c1-24(2,3)16-8-6-15(7-9-16)13-21-22(25)18-11-10-17(14-20(18)29-21)28-23(26)19-5-4-12-27-19/h6-11,13-14,19H,4-5,12H2,1-3H3/b21-13-. The van der Waals surface area contributed by atoms with E-state index in [2.05, 4.69) is 32.9 Å². The van der Waals surface area contributed by atoms with Gasteiger partial charge in [-0.25, -0.2) is 4.79 Å². The number of hydrogen-bond donors (Lipinski definition) is 0. The Morgan fingerprint density at radius 2 is 1.90 bits per heavy atom. The molecule has 5 nitrogen and oxygen atoms in total. The summed E-state index contributed by atoms with van der Waals surface area (Å²) >= 11 is 0. The number of rotatable bonds is 3. The first kappa shape index (κ1) is 19.4. The summed E-state index contributed by atoms with van der Waals surface area (Å²) in [4.78, 5) is 24.8. The van der Waals surface area contributed by atoms with Crippen LogP contribution in [-0.2, 0) is 14.9 Å². The van der Waals surface area contributed by atoms with E-state index in [4.69, 9.17) is 14.2 Å². The summed E-state index contributed by atoms with van der Waals surface area (Å²) in [6, 6.07) is 12.9. The van der Waals surface area contributed by atoms with Gasteiger partial charge in [-0.15, -0.1) is 0 Å². The molecule has 0 aliphatic carbocycles. The Hall–Kier alpha value is -2.92. The van der Waals surface area contributed by atoms with Crippen molar-refractivity contribution in [1.29, 1.82) is 0 Å². The van der Waals surface area contributed by atoms with Crippen LogP contribution in [0.1, 0.15) is 55.1 Å². The summed E-state index contributed by atoms with van der Waals surface area (Å²) < 4.78 is 16.5. The van der Waals surface area contributed by atoms with E-state index in [0.29, 0.717) is 30.1 Å². The minimum atomic E-state index is -0.516. The lowest BCUT2D eigenvalue weighted by atomic mass is 9.86. The average Bonchev–Trinajstić information content (AvgIpc) is 3.31. The van der Waals surface area contributed by atoms with Gasteiger partial charge in [-0.3, -0.25) is 4.79 Å². The number of ether oxygens (including phenoxy) is 3. The van der Waals surface area contributed by atoms with E-state index in [1.165, 1.54) is 5.56 Å². The highest BCUT2D eigenvalue weighted by atomic mass is 16.6. The summed E-state index contributed by atoms with van der Waals surface area (Å²) in [5, 5.41) is 0. The molecular formula is C24H24O5. The number of Topliss-reactive ketones (excluding diaryl/α,β-unsaturated/α-hetero) is 1. The third kappa shape index (κ3) is 4.10. The van der Waals surface area contributed by atoms with Gasteiger partial charge < -0.3 is 14.2 Å². The van der Waals surface area contributed by atoms with Crippen LogP contribution in [0.15, 0.2) is 48.2 Å². The molecule has 2 aromatic rings. The Morgan fingerprint density at radius 3 is 2.55 bits per heavy atom. The molecule has 0 bridgehead atoms. The van der Waals surface area contributed by atoms with Crippen molar-refractivity contribution in [3.8, 4) is 11.5 Å². The van der Waals surface area contributed by atoms with Crippen LogP contribution >= 0.6 is 0 Å². The molecule has 29 heavy (non-hydrogen) atoms. The molecule has 150 valence electrons. The number of ketones is 1. The summed E-state index contributed by atoms with van der Waals surface area (Å²) in [6.07, 6.45) is 2.73. The topological polar surface area (TPSA) is 61.8 Å². The first-order valence-corrected chi connectivity index (χ1v) is 9.83. The van der Waals surface area contributed by atoms with Crippen molar-refractivity contribution in [2.24, 2.45) is 0 Å². The molecule has 0 aromatic heterocycles. The normalized spacial score (nSPS) is 19.9. The molecule has 2 aliphatic heterocycles. The molecule has 1 fully saturated rings. The minimum absolute atomic E-state index is 0.0684. The third-order valence-electron chi connectivity index (χ3n) is 5.13.